The molecule has 2 heterocycles. The lowest BCUT2D eigenvalue weighted by molar-refractivity contribution is -0.142. The van der Waals surface area contributed by atoms with Gasteiger partial charge in [0, 0.05) is 41.5 Å². The third-order valence-electron chi connectivity index (χ3n) is 5.78. The molecule has 4 rings (SSSR count). The molecule has 1 N–H and O–H groups in total. The van der Waals surface area contributed by atoms with Crippen molar-refractivity contribution in [2.75, 3.05) is 18.0 Å². The second-order valence-electron chi connectivity index (χ2n) is 7.87. The minimum Gasteiger partial charge on any atom is -0.354 e. The molecule has 1 fully saturated rings. The SMILES string of the molecule is O=C(NCCn1nc(C(F)(F)F)c2c1CCCC2)C1CC(=O)N(c2ccc(Cl)cc2)C1. The summed E-state index contributed by atoms with van der Waals surface area (Å²) in [7, 11) is 0. The minimum absolute atomic E-state index is 0.0872. The number of hydrogen-bond donors (Lipinski definition) is 1. The lowest BCUT2D eigenvalue weighted by atomic mass is 9.95. The second-order valence-corrected chi connectivity index (χ2v) is 8.31. The first-order valence-corrected chi connectivity index (χ1v) is 10.6. The lowest BCUT2D eigenvalue weighted by Crippen LogP contribution is -2.35. The summed E-state index contributed by atoms with van der Waals surface area (Å²) in [6.45, 7) is 0.559. The van der Waals surface area contributed by atoms with Crippen molar-refractivity contribution in [1.29, 1.82) is 0 Å². The molecule has 1 aliphatic carbocycles. The summed E-state index contributed by atoms with van der Waals surface area (Å²) in [6.07, 6.45) is -1.92. The lowest BCUT2D eigenvalue weighted by Gasteiger charge is -2.17. The molecular formula is C21H22ClF3N4O2. The summed E-state index contributed by atoms with van der Waals surface area (Å²) in [5.41, 5.74) is 0.754. The highest BCUT2D eigenvalue weighted by Gasteiger charge is 2.39. The summed E-state index contributed by atoms with van der Waals surface area (Å²) in [6, 6.07) is 6.80. The van der Waals surface area contributed by atoms with Gasteiger partial charge in [-0.15, -0.1) is 0 Å². The molecule has 2 aromatic rings. The van der Waals surface area contributed by atoms with Gasteiger partial charge in [0.2, 0.25) is 11.8 Å². The molecule has 1 aromatic carbocycles. The van der Waals surface area contributed by atoms with E-state index in [2.05, 4.69) is 10.4 Å². The van der Waals surface area contributed by atoms with Crippen molar-refractivity contribution in [2.45, 2.75) is 44.8 Å². The zero-order valence-corrected chi connectivity index (χ0v) is 17.5. The predicted molar refractivity (Wildman–Crippen MR) is 109 cm³/mol. The summed E-state index contributed by atoms with van der Waals surface area (Å²) in [5, 5.41) is 7.10. The van der Waals surface area contributed by atoms with Crippen LogP contribution in [0.3, 0.4) is 0 Å². The van der Waals surface area contributed by atoms with E-state index >= 15 is 0 Å². The molecule has 166 valence electrons. The zero-order chi connectivity index (χ0) is 22.2. The van der Waals surface area contributed by atoms with Gasteiger partial charge in [-0.25, -0.2) is 0 Å². The fourth-order valence-electron chi connectivity index (χ4n) is 4.27. The fraction of sp³-hybridized carbons (Fsp3) is 0.476. The standard InChI is InChI=1S/C21H22ClF3N4O2/c22-14-5-7-15(8-6-14)28-12-13(11-18(28)30)20(31)26-9-10-29-17-4-2-1-3-16(17)19(27-29)21(23,24)25/h5-8,13H,1-4,9-12H2,(H,26,31). The average Bonchev–Trinajstić information content (AvgIpc) is 3.30. The first kappa shape index (κ1) is 21.7. The zero-order valence-electron chi connectivity index (χ0n) is 16.7. The van der Waals surface area contributed by atoms with Crippen molar-refractivity contribution < 1.29 is 22.8 Å². The van der Waals surface area contributed by atoms with Gasteiger partial charge >= 0.3 is 6.18 Å². The largest absolute Gasteiger partial charge is 0.435 e. The molecule has 2 amide bonds. The molecule has 31 heavy (non-hydrogen) atoms. The smallest absolute Gasteiger partial charge is 0.354 e. The maximum absolute atomic E-state index is 13.3. The molecule has 0 saturated carbocycles. The Morgan fingerprint density at radius 3 is 2.61 bits per heavy atom. The molecule has 2 aliphatic rings. The van der Waals surface area contributed by atoms with Crippen LogP contribution in [-0.2, 0) is 35.2 Å². The molecule has 10 heteroatoms. The number of hydrogen-bond acceptors (Lipinski definition) is 3. The van der Waals surface area contributed by atoms with E-state index in [1.54, 1.807) is 29.2 Å². The Morgan fingerprint density at radius 2 is 1.90 bits per heavy atom. The highest BCUT2D eigenvalue weighted by atomic mass is 35.5. The first-order chi connectivity index (χ1) is 14.7. The molecule has 0 radical (unpaired) electrons. The quantitative estimate of drug-likeness (QED) is 0.750. The van der Waals surface area contributed by atoms with Gasteiger partial charge in [-0.1, -0.05) is 11.6 Å². The van der Waals surface area contributed by atoms with Gasteiger partial charge in [-0.3, -0.25) is 14.3 Å². The normalized spacial score (nSPS) is 18.9. The number of aromatic nitrogens is 2. The third kappa shape index (κ3) is 4.56. The van der Waals surface area contributed by atoms with Gasteiger partial charge in [0.15, 0.2) is 5.69 Å². The molecule has 6 nitrogen and oxygen atoms in total. The number of carbonyl (C=O) groups excluding carboxylic acids is 2. The van der Waals surface area contributed by atoms with E-state index in [-0.39, 0.29) is 43.4 Å². The molecule has 1 aromatic heterocycles. The van der Waals surface area contributed by atoms with Crippen LogP contribution in [0.4, 0.5) is 18.9 Å². The second kappa shape index (κ2) is 8.53. The number of benzene rings is 1. The molecule has 1 saturated heterocycles. The fourth-order valence-corrected chi connectivity index (χ4v) is 4.39. The Morgan fingerprint density at radius 1 is 1.19 bits per heavy atom. The topological polar surface area (TPSA) is 67.2 Å². The van der Waals surface area contributed by atoms with Crippen molar-refractivity contribution in [3.8, 4) is 0 Å². The molecule has 1 unspecified atom stereocenters. The number of amides is 2. The van der Waals surface area contributed by atoms with E-state index < -0.39 is 17.8 Å². The highest BCUT2D eigenvalue weighted by molar-refractivity contribution is 6.30. The number of anilines is 1. The number of rotatable bonds is 5. The number of nitrogens with one attached hydrogen (secondary N) is 1. The monoisotopic (exact) mass is 454 g/mol. The first-order valence-electron chi connectivity index (χ1n) is 10.2. The molecule has 1 aliphatic heterocycles. The van der Waals surface area contributed by atoms with E-state index in [9.17, 15) is 22.8 Å². The van der Waals surface area contributed by atoms with Gasteiger partial charge in [-0.05, 0) is 49.9 Å². The van der Waals surface area contributed by atoms with E-state index in [4.69, 9.17) is 11.6 Å². The van der Waals surface area contributed by atoms with Gasteiger partial charge in [0.05, 0.1) is 12.5 Å². The summed E-state index contributed by atoms with van der Waals surface area (Å²) >= 11 is 5.88. The van der Waals surface area contributed by atoms with Crippen molar-refractivity contribution >= 4 is 29.1 Å². The Labute approximate surface area is 182 Å². The maximum atomic E-state index is 13.3. The summed E-state index contributed by atoms with van der Waals surface area (Å²) in [5.74, 6) is -0.958. The van der Waals surface area contributed by atoms with Gasteiger partial charge < -0.3 is 10.2 Å². The predicted octanol–water partition coefficient (Wildman–Crippen LogP) is 3.60. The van der Waals surface area contributed by atoms with E-state index in [1.165, 1.54) is 4.68 Å². The number of halogens is 4. The maximum Gasteiger partial charge on any atom is 0.435 e. The van der Waals surface area contributed by atoms with Crippen LogP contribution in [0, 0.1) is 5.92 Å². The van der Waals surface area contributed by atoms with Crippen molar-refractivity contribution in [2.24, 2.45) is 5.92 Å². The summed E-state index contributed by atoms with van der Waals surface area (Å²) < 4.78 is 41.2. The van der Waals surface area contributed by atoms with Crippen LogP contribution in [0.1, 0.15) is 36.2 Å². The van der Waals surface area contributed by atoms with Crippen molar-refractivity contribution in [3.63, 3.8) is 0 Å². The van der Waals surface area contributed by atoms with Crippen LogP contribution in [0.25, 0.3) is 0 Å². The average molecular weight is 455 g/mol. The Kier molecular flexibility index (Phi) is 5.96. The van der Waals surface area contributed by atoms with Crippen LogP contribution in [0.2, 0.25) is 5.02 Å². The minimum atomic E-state index is -4.48. The molecule has 1 atom stereocenters. The molecular weight excluding hydrogens is 433 g/mol. The van der Waals surface area contributed by atoms with E-state index in [0.29, 0.717) is 29.2 Å². The van der Waals surface area contributed by atoms with Crippen molar-refractivity contribution in [1.82, 2.24) is 15.1 Å². The van der Waals surface area contributed by atoms with Gasteiger partial charge in [-0.2, -0.15) is 18.3 Å². The van der Waals surface area contributed by atoms with E-state index in [1.807, 2.05) is 0 Å². The van der Waals surface area contributed by atoms with Crippen molar-refractivity contribution in [3.05, 3.63) is 46.2 Å². The molecule has 0 bridgehead atoms. The van der Waals surface area contributed by atoms with Gasteiger partial charge in [0.1, 0.15) is 0 Å². The Balaban J connectivity index is 1.36. The van der Waals surface area contributed by atoms with Crippen LogP contribution in [0.5, 0.6) is 0 Å². The van der Waals surface area contributed by atoms with Crippen LogP contribution in [-0.4, -0.2) is 34.7 Å². The number of nitrogens with zero attached hydrogens (tertiary/aromatic N) is 3. The third-order valence-corrected chi connectivity index (χ3v) is 6.03. The highest BCUT2D eigenvalue weighted by Crippen LogP contribution is 2.35. The van der Waals surface area contributed by atoms with Crippen LogP contribution in [0.15, 0.2) is 24.3 Å². The number of alkyl halides is 3. The van der Waals surface area contributed by atoms with E-state index in [0.717, 1.165) is 12.8 Å². The van der Waals surface area contributed by atoms with Crippen LogP contribution >= 0.6 is 11.6 Å². The number of carbonyl (C=O) groups is 2. The van der Waals surface area contributed by atoms with Gasteiger partial charge in [0.25, 0.3) is 0 Å². The summed E-state index contributed by atoms with van der Waals surface area (Å²) in [4.78, 5) is 26.4. The molecule has 0 spiro atoms. The Hall–Kier alpha value is -2.55. The van der Waals surface area contributed by atoms with Crippen LogP contribution < -0.4 is 10.2 Å². The Bertz CT molecular complexity index is 988. The number of fused-ring (bicyclic) bond motifs is 1.